The normalized spacial score (nSPS) is 21.9. The number of amides is 1. The second-order valence-electron chi connectivity index (χ2n) is 4.46. The van der Waals surface area contributed by atoms with Crippen LogP contribution in [0.5, 0.6) is 0 Å². The molecule has 1 heterocycles. The van der Waals surface area contributed by atoms with Crippen LogP contribution in [0.1, 0.15) is 12.8 Å². The first-order chi connectivity index (χ1) is 8.43. The van der Waals surface area contributed by atoms with Crippen LogP contribution in [0.25, 0.3) is 0 Å². The zero-order valence-electron chi connectivity index (χ0n) is 10.4. The Morgan fingerprint density at radius 1 is 1.50 bits per heavy atom. The van der Waals surface area contributed by atoms with Gasteiger partial charge in [-0.15, -0.1) is 0 Å². The first kappa shape index (κ1) is 15.2. The Labute approximate surface area is 104 Å². The van der Waals surface area contributed by atoms with Crippen molar-refractivity contribution in [1.82, 2.24) is 10.2 Å². The van der Waals surface area contributed by atoms with Crippen LogP contribution >= 0.6 is 0 Å². The summed E-state index contributed by atoms with van der Waals surface area (Å²) in [5, 5.41) is 2.60. The molecule has 1 aliphatic rings. The van der Waals surface area contributed by atoms with E-state index in [1.54, 1.807) is 4.90 Å². The van der Waals surface area contributed by atoms with Gasteiger partial charge < -0.3 is 10.1 Å². The van der Waals surface area contributed by atoms with Crippen LogP contribution in [0.4, 0.5) is 13.2 Å². The summed E-state index contributed by atoms with van der Waals surface area (Å²) >= 11 is 0. The van der Waals surface area contributed by atoms with Gasteiger partial charge in [0.15, 0.2) is 0 Å². The molecule has 1 fully saturated rings. The van der Waals surface area contributed by atoms with Crippen LogP contribution in [0.15, 0.2) is 0 Å². The van der Waals surface area contributed by atoms with E-state index in [9.17, 15) is 18.0 Å². The summed E-state index contributed by atoms with van der Waals surface area (Å²) in [7, 11) is 1.52. The van der Waals surface area contributed by atoms with Crippen molar-refractivity contribution in [3.05, 3.63) is 0 Å². The fourth-order valence-electron chi connectivity index (χ4n) is 2.02. The van der Waals surface area contributed by atoms with E-state index in [1.807, 2.05) is 0 Å². The fraction of sp³-hybridized carbons (Fsp3) is 0.909. The van der Waals surface area contributed by atoms with Crippen LogP contribution in [-0.4, -0.2) is 56.9 Å². The highest BCUT2D eigenvalue weighted by Gasteiger charge is 2.41. The predicted molar refractivity (Wildman–Crippen MR) is 60.1 cm³/mol. The van der Waals surface area contributed by atoms with E-state index in [2.05, 4.69) is 5.32 Å². The van der Waals surface area contributed by atoms with Crippen molar-refractivity contribution in [2.75, 3.05) is 39.9 Å². The molecule has 1 saturated heterocycles. The molecule has 0 spiro atoms. The van der Waals surface area contributed by atoms with Crippen LogP contribution in [0, 0.1) is 5.92 Å². The number of hydrogen-bond acceptors (Lipinski definition) is 3. The number of methoxy groups -OCH3 is 1. The summed E-state index contributed by atoms with van der Waals surface area (Å²) in [5.74, 6) is -1.56. The molecule has 0 unspecified atom stereocenters. The van der Waals surface area contributed by atoms with E-state index < -0.39 is 12.1 Å². The lowest BCUT2D eigenvalue weighted by molar-refractivity contribution is -0.187. The molecule has 0 radical (unpaired) electrons. The molecule has 1 amide bonds. The summed E-state index contributed by atoms with van der Waals surface area (Å²) in [6.45, 7) is 1.27. The summed E-state index contributed by atoms with van der Waals surface area (Å²) in [5.41, 5.74) is 0. The number of ether oxygens (including phenoxy) is 1. The standard InChI is InChI=1S/C11H19F3N2O2/c1-18-6-4-15-10(17)8-16-5-2-3-9(7-16)11(12,13)14/h9H,2-8H2,1H3,(H,15,17)/t9-/m1/s1. The number of carbonyl (C=O) groups excluding carboxylic acids is 1. The summed E-state index contributed by atoms with van der Waals surface area (Å²) in [4.78, 5) is 13.0. The molecule has 106 valence electrons. The second-order valence-corrected chi connectivity index (χ2v) is 4.46. The van der Waals surface area contributed by atoms with E-state index in [0.29, 0.717) is 26.1 Å². The van der Waals surface area contributed by atoms with Gasteiger partial charge in [0.2, 0.25) is 5.91 Å². The fourth-order valence-corrected chi connectivity index (χ4v) is 2.02. The molecule has 0 aliphatic carbocycles. The Balaban J connectivity index is 2.31. The molecule has 0 bridgehead atoms. The van der Waals surface area contributed by atoms with Gasteiger partial charge in [-0.25, -0.2) is 0 Å². The third kappa shape index (κ3) is 5.22. The van der Waals surface area contributed by atoms with Crippen molar-refractivity contribution >= 4 is 5.91 Å². The largest absolute Gasteiger partial charge is 0.393 e. The molecular formula is C11H19F3N2O2. The SMILES string of the molecule is COCCNC(=O)CN1CCC[C@@H](C(F)(F)F)C1. The van der Waals surface area contributed by atoms with Crippen LogP contribution in [0.2, 0.25) is 0 Å². The molecule has 18 heavy (non-hydrogen) atoms. The average molecular weight is 268 g/mol. The number of piperidine rings is 1. The predicted octanol–water partition coefficient (Wildman–Crippen LogP) is 1.02. The van der Waals surface area contributed by atoms with Gasteiger partial charge in [0.1, 0.15) is 0 Å². The quantitative estimate of drug-likeness (QED) is 0.757. The Bertz CT molecular complexity index is 272. The second kappa shape index (κ2) is 6.94. The van der Waals surface area contributed by atoms with Crippen molar-refractivity contribution < 1.29 is 22.7 Å². The highest BCUT2D eigenvalue weighted by atomic mass is 19.4. The van der Waals surface area contributed by atoms with Gasteiger partial charge in [-0.05, 0) is 19.4 Å². The van der Waals surface area contributed by atoms with Crippen LogP contribution in [-0.2, 0) is 9.53 Å². The lowest BCUT2D eigenvalue weighted by Gasteiger charge is -2.33. The first-order valence-corrected chi connectivity index (χ1v) is 5.98. The first-order valence-electron chi connectivity index (χ1n) is 5.98. The lowest BCUT2D eigenvalue weighted by atomic mass is 9.97. The van der Waals surface area contributed by atoms with E-state index in [0.717, 1.165) is 0 Å². The maximum atomic E-state index is 12.6. The highest BCUT2D eigenvalue weighted by Crippen LogP contribution is 2.32. The Morgan fingerprint density at radius 2 is 2.22 bits per heavy atom. The smallest absolute Gasteiger partial charge is 0.383 e. The van der Waals surface area contributed by atoms with Gasteiger partial charge in [-0.3, -0.25) is 9.69 Å². The number of carbonyl (C=O) groups is 1. The molecule has 7 heteroatoms. The minimum absolute atomic E-state index is 0.0241. The summed E-state index contributed by atoms with van der Waals surface area (Å²) in [6.07, 6.45) is -3.52. The van der Waals surface area contributed by atoms with Crippen molar-refractivity contribution in [3.63, 3.8) is 0 Å². The Hall–Kier alpha value is -0.820. The molecule has 1 aliphatic heterocycles. The van der Waals surface area contributed by atoms with Crippen molar-refractivity contribution in [3.8, 4) is 0 Å². The minimum atomic E-state index is -4.16. The number of nitrogens with one attached hydrogen (secondary N) is 1. The van der Waals surface area contributed by atoms with Crippen molar-refractivity contribution in [2.24, 2.45) is 5.92 Å². The number of nitrogens with zero attached hydrogens (tertiary/aromatic N) is 1. The maximum absolute atomic E-state index is 12.6. The molecule has 0 saturated carbocycles. The number of rotatable bonds is 5. The number of hydrogen-bond donors (Lipinski definition) is 1. The van der Waals surface area contributed by atoms with E-state index in [4.69, 9.17) is 4.74 Å². The zero-order chi connectivity index (χ0) is 13.6. The van der Waals surface area contributed by atoms with Gasteiger partial charge in [0.05, 0.1) is 19.1 Å². The van der Waals surface area contributed by atoms with Crippen LogP contribution in [0.3, 0.4) is 0 Å². The van der Waals surface area contributed by atoms with E-state index in [-0.39, 0.29) is 25.4 Å². The minimum Gasteiger partial charge on any atom is -0.383 e. The summed E-state index contributed by atoms with van der Waals surface area (Å²) < 4.78 is 42.4. The number of alkyl halides is 3. The van der Waals surface area contributed by atoms with Crippen molar-refractivity contribution in [1.29, 1.82) is 0 Å². The zero-order valence-corrected chi connectivity index (χ0v) is 10.4. The third-order valence-corrected chi connectivity index (χ3v) is 2.96. The van der Waals surface area contributed by atoms with E-state index >= 15 is 0 Å². The molecule has 0 aromatic heterocycles. The highest BCUT2D eigenvalue weighted by molar-refractivity contribution is 5.77. The van der Waals surface area contributed by atoms with E-state index in [1.165, 1.54) is 7.11 Å². The molecule has 1 N–H and O–H groups in total. The molecule has 0 aromatic carbocycles. The van der Waals surface area contributed by atoms with Gasteiger partial charge in [0.25, 0.3) is 0 Å². The topological polar surface area (TPSA) is 41.6 Å². The monoisotopic (exact) mass is 268 g/mol. The molecule has 1 atom stereocenters. The lowest BCUT2D eigenvalue weighted by Crippen LogP contribution is -2.46. The van der Waals surface area contributed by atoms with Gasteiger partial charge >= 0.3 is 6.18 Å². The van der Waals surface area contributed by atoms with Gasteiger partial charge in [-0.1, -0.05) is 0 Å². The Kier molecular flexibility index (Phi) is 5.87. The molecule has 4 nitrogen and oxygen atoms in total. The Morgan fingerprint density at radius 3 is 2.83 bits per heavy atom. The van der Waals surface area contributed by atoms with Crippen molar-refractivity contribution in [2.45, 2.75) is 19.0 Å². The number of likely N-dealkylation sites (tertiary alicyclic amines) is 1. The molecule has 0 aromatic rings. The average Bonchev–Trinajstić information content (AvgIpc) is 2.28. The van der Waals surface area contributed by atoms with Crippen LogP contribution < -0.4 is 5.32 Å². The maximum Gasteiger partial charge on any atom is 0.393 e. The van der Waals surface area contributed by atoms with Gasteiger partial charge in [0, 0.05) is 20.2 Å². The summed E-state index contributed by atoms with van der Waals surface area (Å²) in [6, 6.07) is 0. The third-order valence-electron chi connectivity index (χ3n) is 2.96. The molecular weight excluding hydrogens is 249 g/mol. The van der Waals surface area contributed by atoms with Gasteiger partial charge in [-0.2, -0.15) is 13.2 Å². The number of halogens is 3. The molecule has 1 rings (SSSR count).